The third-order valence-corrected chi connectivity index (χ3v) is 3.00. The van der Waals surface area contributed by atoms with Crippen LogP contribution in [0, 0.1) is 17.6 Å². The van der Waals surface area contributed by atoms with E-state index in [0.717, 1.165) is 0 Å². The Labute approximate surface area is 122 Å². The van der Waals surface area contributed by atoms with E-state index >= 15 is 0 Å². The molecule has 3 rings (SSSR count). The molecule has 0 aliphatic rings. The zero-order valence-corrected chi connectivity index (χ0v) is 11.6. The van der Waals surface area contributed by atoms with Gasteiger partial charge in [0.15, 0.2) is 5.69 Å². The smallest absolute Gasteiger partial charge is 0.284 e. The Morgan fingerprint density at radius 2 is 2.14 bits per heavy atom. The minimum atomic E-state index is -0.453. The maximum absolute atomic E-state index is 13.9. The summed E-state index contributed by atoms with van der Waals surface area (Å²) in [5.74, 6) is -0.485. The van der Waals surface area contributed by atoms with Gasteiger partial charge in [-0.1, -0.05) is 12.1 Å². The van der Waals surface area contributed by atoms with Crippen molar-refractivity contribution in [2.75, 3.05) is 0 Å². The molecule has 1 N–H and O–H groups in total. The minimum Gasteiger partial charge on any atom is -0.407 e. The van der Waals surface area contributed by atoms with E-state index in [0.29, 0.717) is 5.69 Å². The highest BCUT2D eigenvalue weighted by atomic mass is 32.1. The van der Waals surface area contributed by atoms with Crippen LogP contribution in [0.4, 0.5) is 4.39 Å². The molecule has 0 amide bonds. The molecule has 8 heteroatoms. The van der Waals surface area contributed by atoms with Crippen molar-refractivity contribution >= 4 is 12.2 Å². The van der Waals surface area contributed by atoms with E-state index in [1.165, 1.54) is 16.8 Å². The Hall–Kier alpha value is -2.61. The molecule has 0 atom stereocenters. The van der Waals surface area contributed by atoms with Gasteiger partial charge in [0.25, 0.3) is 10.7 Å². The number of aromatic nitrogens is 4. The van der Waals surface area contributed by atoms with Crippen molar-refractivity contribution in [3.63, 3.8) is 0 Å². The van der Waals surface area contributed by atoms with Crippen LogP contribution in [-0.4, -0.2) is 20.0 Å². The summed E-state index contributed by atoms with van der Waals surface area (Å²) in [5.41, 5.74) is 0.287. The van der Waals surface area contributed by atoms with Gasteiger partial charge >= 0.3 is 0 Å². The predicted molar refractivity (Wildman–Crippen MR) is 75.2 cm³/mol. The number of nitrogens with zero attached hydrogens (tertiary/aromatic N) is 3. The second kappa shape index (κ2) is 5.06. The largest absolute Gasteiger partial charge is 0.407 e. The Kier molecular flexibility index (Phi) is 3.22. The molecule has 1 aromatic carbocycles. The number of hydrogen-bond donors (Lipinski definition) is 1. The van der Waals surface area contributed by atoms with E-state index in [4.69, 9.17) is 16.6 Å². The van der Waals surface area contributed by atoms with Crippen LogP contribution in [0.25, 0.3) is 17.3 Å². The summed E-state index contributed by atoms with van der Waals surface area (Å²) in [7, 11) is 0. The van der Waals surface area contributed by atoms with Crippen molar-refractivity contribution in [1.29, 1.82) is 0 Å². The van der Waals surface area contributed by atoms with Crippen molar-refractivity contribution in [2.45, 2.75) is 6.92 Å². The van der Waals surface area contributed by atoms with E-state index in [9.17, 15) is 9.18 Å². The van der Waals surface area contributed by atoms with Gasteiger partial charge in [0.05, 0.1) is 0 Å². The maximum Gasteiger partial charge on any atom is 0.284 e. The molecule has 0 aliphatic carbocycles. The predicted octanol–water partition coefficient (Wildman–Crippen LogP) is 2.39. The van der Waals surface area contributed by atoms with Crippen LogP contribution >= 0.6 is 12.2 Å². The topological polar surface area (TPSA) is 76.7 Å². The molecule has 0 bridgehead atoms. The average molecular weight is 304 g/mol. The number of para-hydroxylation sites is 1. The summed E-state index contributed by atoms with van der Waals surface area (Å²) in [5, 5.41) is 10.3. The first kappa shape index (κ1) is 13.4. The number of benzene rings is 1. The first-order chi connectivity index (χ1) is 10.1. The molecule has 0 saturated carbocycles. The third-order valence-electron chi connectivity index (χ3n) is 2.83. The summed E-state index contributed by atoms with van der Waals surface area (Å²) in [6, 6.07) is 7.46. The highest BCUT2D eigenvalue weighted by Gasteiger charge is 2.15. The fourth-order valence-electron chi connectivity index (χ4n) is 1.89. The molecule has 2 heterocycles. The summed E-state index contributed by atoms with van der Waals surface area (Å²) in [4.78, 5) is 12.0. The minimum absolute atomic E-state index is 0.0317. The molecule has 0 spiro atoms. The molecular formula is C13H9FN4O2S. The molecule has 106 valence electrons. The number of H-pyrrole nitrogens is 1. The second-order valence-electron chi connectivity index (χ2n) is 4.28. The van der Waals surface area contributed by atoms with E-state index in [1.807, 2.05) is 0 Å². The highest BCUT2D eigenvalue weighted by Crippen LogP contribution is 2.16. The van der Waals surface area contributed by atoms with Gasteiger partial charge < -0.3 is 4.42 Å². The molecule has 2 aromatic heterocycles. The van der Waals surface area contributed by atoms with Gasteiger partial charge in [0.1, 0.15) is 11.5 Å². The Bertz CT molecular complexity index is 928. The van der Waals surface area contributed by atoms with Gasteiger partial charge in [0, 0.05) is 11.8 Å². The van der Waals surface area contributed by atoms with E-state index in [1.54, 1.807) is 25.1 Å². The highest BCUT2D eigenvalue weighted by molar-refractivity contribution is 7.71. The molecule has 0 aliphatic heterocycles. The van der Waals surface area contributed by atoms with Crippen molar-refractivity contribution in [3.8, 4) is 17.3 Å². The maximum atomic E-state index is 13.9. The van der Waals surface area contributed by atoms with Crippen LogP contribution in [0.1, 0.15) is 5.69 Å². The molecule has 6 nitrogen and oxygen atoms in total. The van der Waals surface area contributed by atoms with Crippen molar-refractivity contribution in [3.05, 3.63) is 56.9 Å². The van der Waals surface area contributed by atoms with Crippen LogP contribution in [-0.2, 0) is 0 Å². The van der Waals surface area contributed by atoms with Crippen LogP contribution < -0.4 is 5.43 Å². The lowest BCUT2D eigenvalue weighted by atomic mass is 10.2. The molecule has 0 saturated heterocycles. The van der Waals surface area contributed by atoms with Gasteiger partial charge in [-0.3, -0.25) is 4.79 Å². The molecular weight excluding hydrogens is 295 g/mol. The normalized spacial score (nSPS) is 10.8. The Balaban J connectivity index is 2.26. The summed E-state index contributed by atoms with van der Waals surface area (Å²) in [6.45, 7) is 1.66. The zero-order valence-electron chi connectivity index (χ0n) is 10.8. The number of aromatic amines is 1. The number of aryl methyl sites for hydroxylation is 1. The van der Waals surface area contributed by atoms with Gasteiger partial charge in [-0.05, 0) is 31.3 Å². The van der Waals surface area contributed by atoms with Crippen LogP contribution in [0.5, 0.6) is 0 Å². The molecule has 0 unspecified atom stereocenters. The van der Waals surface area contributed by atoms with Crippen LogP contribution in [0.3, 0.4) is 0 Å². The van der Waals surface area contributed by atoms with Gasteiger partial charge in [-0.25, -0.2) is 14.2 Å². The Morgan fingerprint density at radius 3 is 2.81 bits per heavy atom. The lowest BCUT2D eigenvalue weighted by Crippen LogP contribution is -2.16. The summed E-state index contributed by atoms with van der Waals surface area (Å²) in [6.07, 6.45) is 0. The quantitative estimate of drug-likeness (QED) is 0.736. The SMILES string of the molecule is Cc1cc(=O)c(-c2n[nH]c(=S)o2)nn1-c1ccccc1F. The lowest BCUT2D eigenvalue weighted by molar-refractivity contribution is 0.545. The number of halogens is 1. The molecule has 21 heavy (non-hydrogen) atoms. The zero-order chi connectivity index (χ0) is 15.0. The van der Waals surface area contributed by atoms with Gasteiger partial charge in [-0.15, -0.1) is 5.10 Å². The van der Waals surface area contributed by atoms with Crippen molar-refractivity contribution in [2.24, 2.45) is 0 Å². The molecule has 3 aromatic rings. The van der Waals surface area contributed by atoms with Crippen molar-refractivity contribution < 1.29 is 8.81 Å². The first-order valence-electron chi connectivity index (χ1n) is 5.98. The standard InChI is InChI=1S/C13H9FN4O2S/c1-7-6-10(19)11(12-15-16-13(21)20-12)17-18(7)9-5-3-2-4-8(9)14/h2-6H,1H3,(H,16,21). The Morgan fingerprint density at radius 1 is 1.38 bits per heavy atom. The van der Waals surface area contributed by atoms with E-state index in [-0.39, 0.29) is 27.5 Å². The van der Waals surface area contributed by atoms with Gasteiger partial charge in [0.2, 0.25) is 5.43 Å². The first-order valence-corrected chi connectivity index (χ1v) is 6.39. The fraction of sp³-hybridized carbons (Fsp3) is 0.0769. The van der Waals surface area contributed by atoms with E-state index < -0.39 is 5.82 Å². The third kappa shape index (κ3) is 2.40. The van der Waals surface area contributed by atoms with Crippen LogP contribution in [0.15, 0.2) is 39.5 Å². The monoisotopic (exact) mass is 304 g/mol. The lowest BCUT2D eigenvalue weighted by Gasteiger charge is -2.10. The van der Waals surface area contributed by atoms with E-state index in [2.05, 4.69) is 15.3 Å². The summed E-state index contributed by atoms with van der Waals surface area (Å²) >= 11 is 4.77. The van der Waals surface area contributed by atoms with Crippen molar-refractivity contribution in [1.82, 2.24) is 20.0 Å². The molecule has 0 fully saturated rings. The second-order valence-corrected chi connectivity index (χ2v) is 4.65. The summed E-state index contributed by atoms with van der Waals surface area (Å²) < 4.78 is 20.3. The van der Waals surface area contributed by atoms with Gasteiger partial charge in [-0.2, -0.15) is 5.10 Å². The number of rotatable bonds is 2. The molecule has 0 radical (unpaired) electrons. The fourth-order valence-corrected chi connectivity index (χ4v) is 2.02. The number of nitrogens with one attached hydrogen (secondary N) is 1. The number of hydrogen-bond acceptors (Lipinski definition) is 5. The van der Waals surface area contributed by atoms with Crippen LogP contribution in [0.2, 0.25) is 0 Å². The average Bonchev–Trinajstić information content (AvgIpc) is 2.86.